The van der Waals surface area contributed by atoms with E-state index in [1.165, 1.54) is 12.8 Å². The SMILES string of the molecule is CN(C)C(=O)CCCCNC1CCNCC1. The average Bonchev–Trinajstić information content (AvgIpc) is 2.29. The predicted octanol–water partition coefficient (Wildman–Crippen LogP) is 0.587. The highest BCUT2D eigenvalue weighted by atomic mass is 16.2. The predicted molar refractivity (Wildman–Crippen MR) is 66.4 cm³/mol. The topological polar surface area (TPSA) is 44.4 Å². The van der Waals surface area contributed by atoms with Crippen LogP contribution in [-0.2, 0) is 4.79 Å². The van der Waals surface area contributed by atoms with E-state index in [0.717, 1.165) is 32.5 Å². The lowest BCUT2D eigenvalue weighted by molar-refractivity contribution is -0.128. The maximum Gasteiger partial charge on any atom is 0.222 e. The van der Waals surface area contributed by atoms with Crippen molar-refractivity contribution < 1.29 is 4.79 Å². The van der Waals surface area contributed by atoms with Gasteiger partial charge in [-0.25, -0.2) is 0 Å². The van der Waals surface area contributed by atoms with Crippen molar-refractivity contribution in [2.24, 2.45) is 0 Å². The number of hydrogen-bond acceptors (Lipinski definition) is 3. The van der Waals surface area contributed by atoms with E-state index >= 15 is 0 Å². The summed E-state index contributed by atoms with van der Waals surface area (Å²) in [6.45, 7) is 3.32. The highest BCUT2D eigenvalue weighted by molar-refractivity contribution is 5.75. The molecule has 0 atom stereocenters. The van der Waals surface area contributed by atoms with E-state index in [1.54, 1.807) is 4.90 Å². The normalized spacial score (nSPS) is 17.4. The van der Waals surface area contributed by atoms with E-state index in [-0.39, 0.29) is 5.91 Å². The van der Waals surface area contributed by atoms with Gasteiger partial charge in [-0.15, -0.1) is 0 Å². The van der Waals surface area contributed by atoms with Crippen molar-refractivity contribution in [3.05, 3.63) is 0 Å². The molecule has 16 heavy (non-hydrogen) atoms. The van der Waals surface area contributed by atoms with E-state index in [9.17, 15) is 4.79 Å². The minimum absolute atomic E-state index is 0.238. The Labute approximate surface area is 98.8 Å². The van der Waals surface area contributed by atoms with Crippen molar-refractivity contribution in [2.75, 3.05) is 33.7 Å². The van der Waals surface area contributed by atoms with Crippen molar-refractivity contribution >= 4 is 5.91 Å². The van der Waals surface area contributed by atoms with E-state index in [4.69, 9.17) is 0 Å². The molecule has 4 nitrogen and oxygen atoms in total. The standard InChI is InChI=1S/C12H25N3O/c1-15(2)12(16)5-3-4-8-14-11-6-9-13-10-7-11/h11,13-14H,3-10H2,1-2H3. The van der Waals surface area contributed by atoms with Crippen LogP contribution in [0.4, 0.5) is 0 Å². The summed E-state index contributed by atoms with van der Waals surface area (Å²) in [7, 11) is 3.63. The molecule has 1 aliphatic rings. The van der Waals surface area contributed by atoms with Gasteiger partial charge >= 0.3 is 0 Å². The first-order valence-corrected chi connectivity index (χ1v) is 6.34. The van der Waals surface area contributed by atoms with E-state index < -0.39 is 0 Å². The van der Waals surface area contributed by atoms with Crippen molar-refractivity contribution in [1.29, 1.82) is 0 Å². The minimum Gasteiger partial charge on any atom is -0.349 e. The van der Waals surface area contributed by atoms with Gasteiger partial charge in [0, 0.05) is 26.6 Å². The van der Waals surface area contributed by atoms with Crippen LogP contribution in [0.15, 0.2) is 0 Å². The number of nitrogens with zero attached hydrogens (tertiary/aromatic N) is 1. The summed E-state index contributed by atoms with van der Waals surface area (Å²) >= 11 is 0. The summed E-state index contributed by atoms with van der Waals surface area (Å²) in [6, 6.07) is 0.686. The van der Waals surface area contributed by atoms with E-state index in [0.29, 0.717) is 12.5 Å². The first kappa shape index (κ1) is 13.5. The first-order chi connectivity index (χ1) is 7.70. The minimum atomic E-state index is 0.238. The van der Waals surface area contributed by atoms with Gasteiger partial charge in [-0.1, -0.05) is 0 Å². The molecule has 0 unspecified atom stereocenters. The van der Waals surface area contributed by atoms with Crippen molar-refractivity contribution in [1.82, 2.24) is 15.5 Å². The first-order valence-electron chi connectivity index (χ1n) is 6.34. The number of nitrogens with one attached hydrogen (secondary N) is 2. The fourth-order valence-electron chi connectivity index (χ4n) is 1.96. The molecule has 1 aliphatic heterocycles. The Balaban J connectivity index is 1.93. The van der Waals surface area contributed by atoms with Gasteiger partial charge in [-0.2, -0.15) is 0 Å². The molecule has 0 spiro atoms. The zero-order valence-corrected chi connectivity index (χ0v) is 10.6. The maximum atomic E-state index is 11.3. The van der Waals surface area contributed by atoms with Crippen LogP contribution in [-0.4, -0.2) is 50.6 Å². The largest absolute Gasteiger partial charge is 0.349 e. The zero-order valence-electron chi connectivity index (χ0n) is 10.6. The molecule has 0 aromatic heterocycles. The summed E-state index contributed by atoms with van der Waals surface area (Å²) in [5.41, 5.74) is 0. The molecule has 1 heterocycles. The highest BCUT2D eigenvalue weighted by Crippen LogP contribution is 2.03. The molecule has 0 radical (unpaired) electrons. The van der Waals surface area contributed by atoms with Crippen LogP contribution < -0.4 is 10.6 Å². The lowest BCUT2D eigenvalue weighted by Crippen LogP contribution is -2.40. The molecule has 0 aromatic rings. The smallest absolute Gasteiger partial charge is 0.222 e. The molecular weight excluding hydrogens is 202 g/mol. The van der Waals surface area contributed by atoms with Crippen molar-refractivity contribution in [2.45, 2.75) is 38.1 Å². The van der Waals surface area contributed by atoms with Crippen LogP contribution in [0.5, 0.6) is 0 Å². The second-order valence-corrected chi connectivity index (χ2v) is 4.72. The van der Waals surface area contributed by atoms with Gasteiger partial charge in [0.2, 0.25) is 5.91 Å². The quantitative estimate of drug-likeness (QED) is 0.653. The van der Waals surface area contributed by atoms with E-state index in [2.05, 4.69) is 10.6 Å². The Morgan fingerprint density at radius 2 is 2.00 bits per heavy atom. The van der Waals surface area contributed by atoms with Crippen LogP contribution >= 0.6 is 0 Å². The van der Waals surface area contributed by atoms with Gasteiger partial charge < -0.3 is 15.5 Å². The molecule has 2 N–H and O–H groups in total. The Bertz CT molecular complexity index is 200. The average molecular weight is 227 g/mol. The fraction of sp³-hybridized carbons (Fsp3) is 0.917. The zero-order chi connectivity index (χ0) is 11.8. The molecule has 0 aliphatic carbocycles. The Morgan fingerprint density at radius 3 is 2.62 bits per heavy atom. The lowest BCUT2D eigenvalue weighted by atomic mass is 10.1. The molecule has 1 fully saturated rings. The lowest BCUT2D eigenvalue weighted by Gasteiger charge is -2.23. The molecule has 0 aromatic carbocycles. The fourth-order valence-corrected chi connectivity index (χ4v) is 1.96. The Kier molecular flexibility index (Phi) is 6.42. The maximum absolute atomic E-state index is 11.3. The molecule has 4 heteroatoms. The summed E-state index contributed by atoms with van der Waals surface area (Å²) < 4.78 is 0. The second-order valence-electron chi connectivity index (χ2n) is 4.72. The molecule has 94 valence electrons. The van der Waals surface area contributed by atoms with Gasteiger partial charge in [0.25, 0.3) is 0 Å². The van der Waals surface area contributed by atoms with Gasteiger partial charge in [0.15, 0.2) is 0 Å². The molecule has 1 saturated heterocycles. The van der Waals surface area contributed by atoms with Crippen LogP contribution in [0.1, 0.15) is 32.1 Å². The third-order valence-electron chi connectivity index (χ3n) is 3.09. The summed E-state index contributed by atoms with van der Waals surface area (Å²) in [6.07, 6.45) is 5.24. The number of carbonyl (C=O) groups is 1. The Hall–Kier alpha value is -0.610. The summed E-state index contributed by atoms with van der Waals surface area (Å²) in [5.74, 6) is 0.238. The monoisotopic (exact) mass is 227 g/mol. The molecule has 0 saturated carbocycles. The number of unbranched alkanes of at least 4 members (excludes halogenated alkanes) is 1. The van der Waals surface area contributed by atoms with Crippen LogP contribution in [0, 0.1) is 0 Å². The number of hydrogen-bond donors (Lipinski definition) is 2. The summed E-state index contributed by atoms with van der Waals surface area (Å²) in [5, 5.41) is 6.91. The molecule has 0 bridgehead atoms. The van der Waals surface area contributed by atoms with Crippen molar-refractivity contribution in [3.8, 4) is 0 Å². The van der Waals surface area contributed by atoms with Gasteiger partial charge in [0.05, 0.1) is 0 Å². The van der Waals surface area contributed by atoms with Gasteiger partial charge in [0.1, 0.15) is 0 Å². The second kappa shape index (κ2) is 7.63. The number of carbonyl (C=O) groups excluding carboxylic acids is 1. The number of piperidine rings is 1. The van der Waals surface area contributed by atoms with Gasteiger partial charge in [-0.3, -0.25) is 4.79 Å². The van der Waals surface area contributed by atoms with E-state index in [1.807, 2.05) is 14.1 Å². The summed E-state index contributed by atoms with van der Waals surface area (Å²) in [4.78, 5) is 13.0. The molecule has 1 amide bonds. The van der Waals surface area contributed by atoms with Crippen LogP contribution in [0.25, 0.3) is 0 Å². The third-order valence-corrected chi connectivity index (χ3v) is 3.09. The molecule has 1 rings (SSSR count). The highest BCUT2D eigenvalue weighted by Gasteiger charge is 2.11. The van der Waals surface area contributed by atoms with Crippen molar-refractivity contribution in [3.63, 3.8) is 0 Å². The number of amides is 1. The third kappa shape index (κ3) is 5.47. The van der Waals surface area contributed by atoms with Gasteiger partial charge in [-0.05, 0) is 45.3 Å². The van der Waals surface area contributed by atoms with Crippen LogP contribution in [0.3, 0.4) is 0 Å². The van der Waals surface area contributed by atoms with Crippen LogP contribution in [0.2, 0.25) is 0 Å². The Morgan fingerprint density at radius 1 is 1.31 bits per heavy atom. The molecular formula is C12H25N3O. The number of rotatable bonds is 6.